The molecule has 0 N–H and O–H groups in total. The third kappa shape index (κ3) is 2.94. The minimum Gasteiger partial charge on any atom is -0.479 e. The largest absolute Gasteiger partial charge is 0.479 e. The van der Waals surface area contributed by atoms with Gasteiger partial charge in [0.2, 0.25) is 0 Å². The monoisotopic (exact) mass is 183 g/mol. The van der Waals surface area contributed by atoms with Crippen molar-refractivity contribution in [2.45, 2.75) is 40.0 Å². The lowest BCUT2D eigenvalue weighted by Gasteiger charge is -2.31. The molecule has 0 aromatic carbocycles. The summed E-state index contributed by atoms with van der Waals surface area (Å²) in [5.74, 6) is 1.11. The van der Waals surface area contributed by atoms with Crippen molar-refractivity contribution in [3.05, 3.63) is 11.5 Å². The summed E-state index contributed by atoms with van der Waals surface area (Å²) < 4.78 is 5.65. The number of hydrogen-bond acceptors (Lipinski definition) is 2. The highest BCUT2D eigenvalue weighted by Gasteiger charge is 2.14. The van der Waals surface area contributed by atoms with Crippen LogP contribution in [0.25, 0.3) is 0 Å². The lowest BCUT2D eigenvalue weighted by molar-refractivity contribution is 0.104. The maximum atomic E-state index is 5.65. The van der Waals surface area contributed by atoms with Crippen molar-refractivity contribution in [3.63, 3.8) is 0 Å². The lowest BCUT2D eigenvalue weighted by Crippen LogP contribution is -2.30. The summed E-state index contributed by atoms with van der Waals surface area (Å²) >= 11 is 0. The van der Waals surface area contributed by atoms with Crippen LogP contribution in [0.2, 0.25) is 0 Å². The van der Waals surface area contributed by atoms with Crippen LogP contribution in [-0.2, 0) is 4.74 Å². The minimum absolute atomic E-state index is 0.775. The molecule has 13 heavy (non-hydrogen) atoms. The Morgan fingerprint density at radius 1 is 1.15 bits per heavy atom. The van der Waals surface area contributed by atoms with E-state index in [0.29, 0.717) is 0 Å². The molecule has 0 aliphatic carbocycles. The molecule has 0 radical (unpaired) electrons. The van der Waals surface area contributed by atoms with Crippen molar-refractivity contribution in [3.8, 4) is 0 Å². The molecule has 0 aromatic rings. The first kappa shape index (κ1) is 10.4. The van der Waals surface area contributed by atoms with Crippen LogP contribution in [0.3, 0.4) is 0 Å². The minimum atomic E-state index is 0.775. The van der Waals surface area contributed by atoms with Crippen molar-refractivity contribution < 1.29 is 4.74 Å². The second-order valence-corrected chi connectivity index (χ2v) is 3.79. The summed E-state index contributed by atoms with van der Waals surface area (Å²) in [4.78, 5) is 2.38. The standard InChI is InChI=1S/C11H21NO/c1-4-13-11(10(2)3)12-8-6-5-7-9-12/h4-9H2,1-3H3. The molecule has 0 saturated carbocycles. The summed E-state index contributed by atoms with van der Waals surface area (Å²) in [6.07, 6.45) is 3.99. The Bertz CT molecular complexity index is 177. The fourth-order valence-electron chi connectivity index (χ4n) is 1.79. The summed E-state index contributed by atoms with van der Waals surface area (Å²) in [7, 11) is 0. The third-order valence-corrected chi connectivity index (χ3v) is 2.35. The van der Waals surface area contributed by atoms with Crippen LogP contribution in [0.15, 0.2) is 11.5 Å². The zero-order valence-electron chi connectivity index (χ0n) is 9.10. The highest BCUT2D eigenvalue weighted by atomic mass is 16.5. The van der Waals surface area contributed by atoms with Crippen molar-refractivity contribution in [2.24, 2.45) is 0 Å². The van der Waals surface area contributed by atoms with E-state index in [1.54, 1.807) is 0 Å². The van der Waals surface area contributed by atoms with Gasteiger partial charge in [0.1, 0.15) is 0 Å². The van der Waals surface area contributed by atoms with E-state index in [0.717, 1.165) is 12.5 Å². The van der Waals surface area contributed by atoms with E-state index in [9.17, 15) is 0 Å². The summed E-state index contributed by atoms with van der Waals surface area (Å²) in [5.41, 5.74) is 1.30. The molecule has 1 aliphatic heterocycles. The molecule has 0 bridgehead atoms. The van der Waals surface area contributed by atoms with Crippen LogP contribution in [0.1, 0.15) is 40.0 Å². The fraction of sp³-hybridized carbons (Fsp3) is 0.818. The predicted molar refractivity (Wildman–Crippen MR) is 55.4 cm³/mol. The zero-order chi connectivity index (χ0) is 9.68. The van der Waals surface area contributed by atoms with Crippen LogP contribution in [0.5, 0.6) is 0 Å². The van der Waals surface area contributed by atoms with Gasteiger partial charge in [0, 0.05) is 13.1 Å². The quantitative estimate of drug-likeness (QED) is 0.624. The SMILES string of the molecule is CCOC(=C(C)C)N1CCCCC1. The smallest absolute Gasteiger partial charge is 0.187 e. The number of piperidine rings is 1. The van der Waals surface area contributed by atoms with Crippen LogP contribution in [-0.4, -0.2) is 24.6 Å². The fourth-order valence-corrected chi connectivity index (χ4v) is 1.79. The highest BCUT2D eigenvalue weighted by Crippen LogP contribution is 2.18. The van der Waals surface area contributed by atoms with Gasteiger partial charge < -0.3 is 9.64 Å². The average molecular weight is 183 g/mol. The van der Waals surface area contributed by atoms with Crippen LogP contribution >= 0.6 is 0 Å². The van der Waals surface area contributed by atoms with Crippen molar-refractivity contribution in [1.29, 1.82) is 0 Å². The van der Waals surface area contributed by atoms with Gasteiger partial charge in [-0.3, -0.25) is 0 Å². The molecular formula is C11H21NO. The van der Waals surface area contributed by atoms with Gasteiger partial charge in [0.25, 0.3) is 0 Å². The second kappa shape index (κ2) is 5.15. The van der Waals surface area contributed by atoms with Crippen LogP contribution in [0.4, 0.5) is 0 Å². The van der Waals surface area contributed by atoms with E-state index in [4.69, 9.17) is 4.74 Å². The van der Waals surface area contributed by atoms with E-state index in [2.05, 4.69) is 18.7 Å². The molecule has 1 rings (SSSR count). The Balaban J connectivity index is 2.58. The van der Waals surface area contributed by atoms with E-state index in [-0.39, 0.29) is 0 Å². The Labute approximate surface area is 81.6 Å². The highest BCUT2D eigenvalue weighted by molar-refractivity contribution is 5.02. The zero-order valence-corrected chi connectivity index (χ0v) is 9.10. The van der Waals surface area contributed by atoms with Crippen LogP contribution < -0.4 is 0 Å². The van der Waals surface area contributed by atoms with E-state index >= 15 is 0 Å². The molecule has 1 fully saturated rings. The van der Waals surface area contributed by atoms with E-state index in [1.807, 2.05) is 6.92 Å². The maximum absolute atomic E-state index is 5.65. The molecule has 2 nitrogen and oxygen atoms in total. The Morgan fingerprint density at radius 2 is 1.77 bits per heavy atom. The number of likely N-dealkylation sites (tertiary alicyclic amines) is 1. The van der Waals surface area contributed by atoms with Gasteiger partial charge in [-0.1, -0.05) is 0 Å². The number of hydrogen-bond donors (Lipinski definition) is 0. The topological polar surface area (TPSA) is 12.5 Å². The second-order valence-electron chi connectivity index (χ2n) is 3.79. The van der Waals surface area contributed by atoms with Crippen molar-refractivity contribution in [1.82, 2.24) is 4.90 Å². The molecule has 76 valence electrons. The summed E-state index contributed by atoms with van der Waals surface area (Å²) in [6, 6.07) is 0. The molecule has 0 atom stereocenters. The van der Waals surface area contributed by atoms with Gasteiger partial charge in [-0.2, -0.15) is 0 Å². The first-order valence-electron chi connectivity index (χ1n) is 5.31. The Hall–Kier alpha value is -0.660. The first-order valence-corrected chi connectivity index (χ1v) is 5.31. The van der Waals surface area contributed by atoms with Crippen molar-refractivity contribution >= 4 is 0 Å². The molecule has 0 spiro atoms. The Morgan fingerprint density at radius 3 is 2.23 bits per heavy atom. The lowest BCUT2D eigenvalue weighted by atomic mass is 10.1. The van der Waals surface area contributed by atoms with Gasteiger partial charge in [-0.25, -0.2) is 0 Å². The molecule has 1 heterocycles. The first-order chi connectivity index (χ1) is 6.25. The van der Waals surface area contributed by atoms with Crippen LogP contribution in [0, 0.1) is 0 Å². The van der Waals surface area contributed by atoms with E-state index in [1.165, 1.54) is 37.9 Å². The number of rotatable bonds is 3. The van der Waals surface area contributed by atoms with Crippen molar-refractivity contribution in [2.75, 3.05) is 19.7 Å². The molecule has 0 amide bonds. The molecule has 0 unspecified atom stereocenters. The van der Waals surface area contributed by atoms with Gasteiger partial charge >= 0.3 is 0 Å². The average Bonchev–Trinajstić information content (AvgIpc) is 2.15. The molecular weight excluding hydrogens is 162 g/mol. The number of allylic oxidation sites excluding steroid dienone is 1. The van der Waals surface area contributed by atoms with Gasteiger partial charge in [-0.15, -0.1) is 0 Å². The van der Waals surface area contributed by atoms with Gasteiger partial charge in [0.05, 0.1) is 6.61 Å². The summed E-state index contributed by atoms with van der Waals surface area (Å²) in [6.45, 7) is 9.41. The molecule has 2 heteroatoms. The number of ether oxygens (including phenoxy) is 1. The molecule has 0 aromatic heterocycles. The number of nitrogens with zero attached hydrogens (tertiary/aromatic N) is 1. The third-order valence-electron chi connectivity index (χ3n) is 2.35. The Kier molecular flexibility index (Phi) is 4.13. The molecule has 1 saturated heterocycles. The van der Waals surface area contributed by atoms with E-state index < -0.39 is 0 Å². The maximum Gasteiger partial charge on any atom is 0.187 e. The van der Waals surface area contributed by atoms with Gasteiger partial charge in [-0.05, 0) is 45.6 Å². The molecule has 1 aliphatic rings. The normalized spacial score (nSPS) is 17.0. The summed E-state index contributed by atoms with van der Waals surface area (Å²) in [5, 5.41) is 0. The predicted octanol–water partition coefficient (Wildman–Crippen LogP) is 2.76. The van der Waals surface area contributed by atoms with Gasteiger partial charge in [0.15, 0.2) is 5.88 Å².